The summed E-state index contributed by atoms with van der Waals surface area (Å²) in [5.74, 6) is -0.335. The van der Waals surface area contributed by atoms with Crippen molar-refractivity contribution in [2.24, 2.45) is 16.7 Å². The molecular formula is C18H21FO2. The number of halogens is 1. The van der Waals surface area contributed by atoms with Crippen molar-refractivity contribution in [1.82, 2.24) is 0 Å². The van der Waals surface area contributed by atoms with Crippen molar-refractivity contribution >= 4 is 5.97 Å². The first-order chi connectivity index (χ1) is 10.0. The van der Waals surface area contributed by atoms with E-state index in [0.29, 0.717) is 18.8 Å². The Morgan fingerprint density at radius 1 is 1.14 bits per heavy atom. The predicted octanol–water partition coefficient (Wildman–Crippen LogP) is 3.95. The quantitative estimate of drug-likeness (QED) is 0.914. The molecule has 4 atom stereocenters. The van der Waals surface area contributed by atoms with Gasteiger partial charge in [0.1, 0.15) is 0 Å². The lowest BCUT2D eigenvalue weighted by molar-refractivity contribution is -0.181. The average Bonchev–Trinajstić information content (AvgIpc) is 2.47. The molecule has 0 radical (unpaired) electrons. The van der Waals surface area contributed by atoms with Crippen LogP contribution in [0.5, 0.6) is 0 Å². The Hall–Kier alpha value is -1.38. The molecule has 4 aliphatic carbocycles. The highest BCUT2D eigenvalue weighted by molar-refractivity contribution is 5.76. The Labute approximate surface area is 124 Å². The van der Waals surface area contributed by atoms with Crippen LogP contribution < -0.4 is 0 Å². The van der Waals surface area contributed by atoms with Crippen molar-refractivity contribution in [3.63, 3.8) is 0 Å². The summed E-state index contributed by atoms with van der Waals surface area (Å²) >= 11 is 0. The van der Waals surface area contributed by atoms with Gasteiger partial charge >= 0.3 is 5.97 Å². The molecule has 3 heteroatoms. The maximum absolute atomic E-state index is 13.9. The summed E-state index contributed by atoms with van der Waals surface area (Å²) in [6, 6.07) is 10.2. The highest BCUT2D eigenvalue weighted by Gasteiger charge is 2.66. The molecule has 4 saturated carbocycles. The standard InChI is InChI=1S/C18H21FO2/c19-12-16-6-13-7-17(9-16,14-4-2-1-3-5-14)11-18(8-13,10-16)15(20)21/h1-5,13H,6-12H2,(H,20,21)/t13?,16-,17+,18?/m0/s1. The molecule has 1 aromatic rings. The fraction of sp³-hybridized carbons (Fsp3) is 0.611. The molecule has 5 rings (SSSR count). The number of carboxylic acids is 1. The second-order valence-electron chi connectivity index (χ2n) is 7.87. The maximum Gasteiger partial charge on any atom is 0.309 e. The largest absolute Gasteiger partial charge is 0.481 e. The minimum atomic E-state index is -0.704. The SMILES string of the molecule is O=C(O)C12CC3C[C@@](CF)(C1)C[C@](c1ccccc1)(C3)C2. The molecule has 0 amide bonds. The molecule has 0 saturated heterocycles. The highest BCUT2D eigenvalue weighted by Crippen LogP contribution is 2.70. The Morgan fingerprint density at radius 2 is 1.90 bits per heavy atom. The van der Waals surface area contributed by atoms with Crippen molar-refractivity contribution in [3.05, 3.63) is 35.9 Å². The van der Waals surface area contributed by atoms with E-state index in [2.05, 4.69) is 12.1 Å². The molecule has 4 aliphatic rings. The fourth-order valence-electron chi connectivity index (χ4n) is 6.14. The monoisotopic (exact) mass is 288 g/mol. The second-order valence-corrected chi connectivity index (χ2v) is 7.87. The first-order valence-corrected chi connectivity index (χ1v) is 7.87. The number of alkyl halides is 1. The molecule has 0 aliphatic heterocycles. The molecule has 1 aromatic carbocycles. The van der Waals surface area contributed by atoms with Gasteiger partial charge in [-0.2, -0.15) is 0 Å². The summed E-state index contributed by atoms with van der Waals surface area (Å²) in [6.45, 7) is -0.368. The van der Waals surface area contributed by atoms with Crippen LogP contribution >= 0.6 is 0 Å². The summed E-state index contributed by atoms with van der Waals surface area (Å²) in [6.07, 6.45) is 4.72. The number of benzene rings is 1. The van der Waals surface area contributed by atoms with Crippen LogP contribution in [-0.2, 0) is 10.2 Å². The van der Waals surface area contributed by atoms with E-state index >= 15 is 0 Å². The normalized spacial score (nSPS) is 44.0. The summed E-state index contributed by atoms with van der Waals surface area (Å²) in [7, 11) is 0. The molecule has 0 spiro atoms. The van der Waals surface area contributed by atoms with Crippen LogP contribution in [0.15, 0.2) is 30.3 Å². The van der Waals surface area contributed by atoms with E-state index in [1.807, 2.05) is 18.2 Å². The number of carboxylic acid groups (broad SMARTS) is 1. The van der Waals surface area contributed by atoms with Crippen molar-refractivity contribution in [2.45, 2.75) is 43.9 Å². The predicted molar refractivity (Wildman–Crippen MR) is 77.8 cm³/mol. The van der Waals surface area contributed by atoms with Crippen molar-refractivity contribution in [1.29, 1.82) is 0 Å². The minimum Gasteiger partial charge on any atom is -0.481 e. The first-order valence-electron chi connectivity index (χ1n) is 7.87. The van der Waals surface area contributed by atoms with Crippen molar-refractivity contribution in [3.8, 4) is 0 Å². The van der Waals surface area contributed by atoms with Gasteiger partial charge in [-0.15, -0.1) is 0 Å². The van der Waals surface area contributed by atoms with Crippen LogP contribution in [0.4, 0.5) is 4.39 Å². The van der Waals surface area contributed by atoms with E-state index < -0.39 is 16.8 Å². The van der Waals surface area contributed by atoms with Crippen LogP contribution in [0.3, 0.4) is 0 Å². The third kappa shape index (κ3) is 1.72. The summed E-state index contributed by atoms with van der Waals surface area (Å²) in [5.41, 5.74) is 0.0118. The molecule has 4 bridgehead atoms. The molecule has 4 fully saturated rings. The highest BCUT2D eigenvalue weighted by atomic mass is 19.1. The van der Waals surface area contributed by atoms with Gasteiger partial charge in [0, 0.05) is 5.41 Å². The van der Waals surface area contributed by atoms with Crippen LogP contribution in [0.1, 0.15) is 44.1 Å². The van der Waals surface area contributed by atoms with Gasteiger partial charge in [0.2, 0.25) is 0 Å². The molecule has 2 unspecified atom stereocenters. The van der Waals surface area contributed by atoms with Gasteiger partial charge in [0.25, 0.3) is 0 Å². The zero-order chi connectivity index (χ0) is 14.7. The summed E-state index contributed by atoms with van der Waals surface area (Å²) < 4.78 is 13.9. The van der Waals surface area contributed by atoms with E-state index in [1.165, 1.54) is 5.56 Å². The Kier molecular flexibility index (Phi) is 2.59. The van der Waals surface area contributed by atoms with Gasteiger partial charge in [-0.1, -0.05) is 30.3 Å². The molecule has 112 valence electrons. The van der Waals surface area contributed by atoms with Crippen molar-refractivity contribution in [2.75, 3.05) is 6.67 Å². The van der Waals surface area contributed by atoms with E-state index in [1.54, 1.807) is 0 Å². The molecule has 2 nitrogen and oxygen atoms in total. The van der Waals surface area contributed by atoms with Crippen LogP contribution in [0.25, 0.3) is 0 Å². The summed E-state index contributed by atoms with van der Waals surface area (Å²) in [4.78, 5) is 12.0. The smallest absolute Gasteiger partial charge is 0.309 e. The lowest BCUT2D eigenvalue weighted by Gasteiger charge is -2.65. The third-order valence-electron chi connectivity index (χ3n) is 6.31. The first kappa shape index (κ1) is 13.3. The summed E-state index contributed by atoms with van der Waals surface area (Å²) in [5, 5.41) is 9.83. The van der Waals surface area contributed by atoms with Gasteiger partial charge in [0.15, 0.2) is 0 Å². The molecule has 0 aromatic heterocycles. The molecule has 21 heavy (non-hydrogen) atoms. The number of carbonyl (C=O) groups is 1. The Balaban J connectivity index is 1.85. The molecule has 1 N–H and O–H groups in total. The van der Waals surface area contributed by atoms with Gasteiger partial charge in [-0.05, 0) is 55.4 Å². The van der Waals surface area contributed by atoms with Crippen molar-refractivity contribution < 1.29 is 14.3 Å². The van der Waals surface area contributed by atoms with Gasteiger partial charge in [-0.3, -0.25) is 9.18 Å². The zero-order valence-electron chi connectivity index (χ0n) is 12.1. The number of rotatable bonds is 3. The minimum absolute atomic E-state index is 0.120. The fourth-order valence-corrected chi connectivity index (χ4v) is 6.14. The molecule has 0 heterocycles. The zero-order valence-corrected chi connectivity index (χ0v) is 12.1. The van der Waals surface area contributed by atoms with E-state index in [-0.39, 0.29) is 12.1 Å². The lowest BCUT2D eigenvalue weighted by Crippen LogP contribution is -2.61. The average molecular weight is 288 g/mol. The second kappa shape index (κ2) is 4.08. The van der Waals surface area contributed by atoms with Crippen LogP contribution in [-0.4, -0.2) is 17.8 Å². The van der Waals surface area contributed by atoms with Crippen LogP contribution in [0.2, 0.25) is 0 Å². The van der Waals surface area contributed by atoms with E-state index in [9.17, 15) is 14.3 Å². The third-order valence-corrected chi connectivity index (χ3v) is 6.31. The topological polar surface area (TPSA) is 37.3 Å². The lowest BCUT2D eigenvalue weighted by atomic mass is 9.38. The van der Waals surface area contributed by atoms with Gasteiger partial charge < -0.3 is 5.11 Å². The van der Waals surface area contributed by atoms with Gasteiger partial charge in [-0.25, -0.2) is 0 Å². The van der Waals surface area contributed by atoms with Crippen LogP contribution in [0, 0.1) is 16.7 Å². The Morgan fingerprint density at radius 3 is 2.57 bits per heavy atom. The maximum atomic E-state index is 13.9. The van der Waals surface area contributed by atoms with E-state index in [4.69, 9.17) is 0 Å². The molecular weight excluding hydrogens is 267 g/mol. The number of hydrogen-bond donors (Lipinski definition) is 1. The number of hydrogen-bond acceptors (Lipinski definition) is 1. The number of aliphatic carboxylic acids is 1. The van der Waals surface area contributed by atoms with Gasteiger partial charge in [0.05, 0.1) is 12.1 Å². The van der Waals surface area contributed by atoms with E-state index in [0.717, 1.165) is 25.7 Å². The Bertz CT molecular complexity index is 586.